The Kier molecular flexibility index (Phi) is 4.94. The van der Waals surface area contributed by atoms with Gasteiger partial charge in [-0.05, 0) is 30.7 Å². The quantitative estimate of drug-likeness (QED) is 0.659. The number of halogens is 2. The van der Waals surface area contributed by atoms with Crippen LogP contribution in [0.15, 0.2) is 35.1 Å². The van der Waals surface area contributed by atoms with Crippen LogP contribution >= 0.6 is 0 Å². The molecule has 1 aliphatic rings. The summed E-state index contributed by atoms with van der Waals surface area (Å²) >= 11 is 0. The highest BCUT2D eigenvalue weighted by Crippen LogP contribution is 2.42. The average molecular weight is 417 g/mol. The number of rotatable bonds is 5. The van der Waals surface area contributed by atoms with Crippen LogP contribution in [-0.4, -0.2) is 39.6 Å². The number of aromatic nitrogens is 4. The predicted molar refractivity (Wildman–Crippen MR) is 101 cm³/mol. The maximum absolute atomic E-state index is 12.6. The number of nitrogens with zero attached hydrogens (tertiary/aromatic N) is 3. The molecule has 11 heteroatoms. The Morgan fingerprint density at radius 3 is 2.67 bits per heavy atom. The van der Waals surface area contributed by atoms with Gasteiger partial charge in [-0.3, -0.25) is 9.59 Å². The number of anilines is 1. The molecule has 9 nitrogen and oxygen atoms in total. The van der Waals surface area contributed by atoms with Crippen molar-refractivity contribution < 1.29 is 23.0 Å². The fraction of sp³-hybridized carbons (Fsp3) is 0.263. The van der Waals surface area contributed by atoms with E-state index in [-0.39, 0.29) is 35.3 Å². The Morgan fingerprint density at radius 1 is 1.20 bits per heavy atom. The van der Waals surface area contributed by atoms with Gasteiger partial charge in [-0.15, -0.1) is 0 Å². The number of aryl methyl sites for hydroxylation is 1. The summed E-state index contributed by atoms with van der Waals surface area (Å²) in [6.45, 7) is -1.20. The molecule has 0 bridgehead atoms. The zero-order valence-corrected chi connectivity index (χ0v) is 16.0. The van der Waals surface area contributed by atoms with Crippen LogP contribution in [0.5, 0.6) is 11.5 Å². The SMILES string of the molecule is COc1cc([C@H]2CC(=O)Nc3c2c(C)nn3-c2ccc(=O)[nH]n2)ccc1OC(F)F. The number of ether oxygens (including phenoxy) is 2. The van der Waals surface area contributed by atoms with E-state index in [1.165, 1.54) is 30.0 Å². The van der Waals surface area contributed by atoms with Gasteiger partial charge >= 0.3 is 6.61 Å². The molecule has 2 N–H and O–H groups in total. The molecule has 2 aromatic heterocycles. The highest BCUT2D eigenvalue weighted by atomic mass is 19.3. The van der Waals surface area contributed by atoms with Gasteiger partial charge in [0.2, 0.25) is 5.91 Å². The summed E-state index contributed by atoms with van der Waals surface area (Å²) in [6.07, 6.45) is 0.136. The molecule has 0 fully saturated rings. The summed E-state index contributed by atoms with van der Waals surface area (Å²) in [4.78, 5) is 23.7. The van der Waals surface area contributed by atoms with Crippen molar-refractivity contribution >= 4 is 11.7 Å². The minimum Gasteiger partial charge on any atom is -0.493 e. The van der Waals surface area contributed by atoms with Crippen LogP contribution in [0.1, 0.15) is 29.2 Å². The Balaban J connectivity index is 1.80. The van der Waals surface area contributed by atoms with Crippen molar-refractivity contribution in [3.63, 3.8) is 0 Å². The second-order valence-electron chi connectivity index (χ2n) is 6.63. The van der Waals surface area contributed by atoms with E-state index in [0.717, 1.165) is 5.56 Å². The maximum Gasteiger partial charge on any atom is 0.387 e. The minimum absolute atomic E-state index is 0.0957. The second-order valence-corrected chi connectivity index (χ2v) is 6.63. The van der Waals surface area contributed by atoms with E-state index in [1.54, 1.807) is 19.1 Å². The van der Waals surface area contributed by atoms with Gasteiger partial charge in [0.25, 0.3) is 5.56 Å². The predicted octanol–water partition coefficient (Wildman–Crippen LogP) is 2.35. The van der Waals surface area contributed by atoms with Crippen molar-refractivity contribution in [3.8, 4) is 17.3 Å². The number of alkyl halides is 2. The van der Waals surface area contributed by atoms with Gasteiger partial charge in [-0.25, -0.2) is 5.10 Å². The zero-order valence-electron chi connectivity index (χ0n) is 16.0. The third-order valence-electron chi connectivity index (χ3n) is 4.79. The molecular formula is C19H17F2N5O4. The van der Waals surface area contributed by atoms with Crippen LogP contribution < -0.4 is 20.3 Å². The molecule has 30 heavy (non-hydrogen) atoms. The lowest BCUT2D eigenvalue weighted by molar-refractivity contribution is -0.116. The summed E-state index contributed by atoms with van der Waals surface area (Å²) in [5.41, 5.74) is 1.72. The number of carbonyl (C=O) groups excluding carboxylic acids is 1. The van der Waals surface area contributed by atoms with E-state index in [2.05, 4.69) is 25.3 Å². The molecular weight excluding hydrogens is 400 g/mol. The van der Waals surface area contributed by atoms with Crippen LogP contribution in [0.2, 0.25) is 0 Å². The lowest BCUT2D eigenvalue weighted by Gasteiger charge is -2.25. The topological polar surface area (TPSA) is 111 Å². The van der Waals surface area contributed by atoms with Gasteiger partial charge in [0, 0.05) is 24.0 Å². The third kappa shape index (κ3) is 3.49. The monoisotopic (exact) mass is 417 g/mol. The number of benzene rings is 1. The summed E-state index contributed by atoms with van der Waals surface area (Å²) in [6, 6.07) is 7.36. The highest BCUT2D eigenvalue weighted by Gasteiger charge is 2.33. The zero-order chi connectivity index (χ0) is 21.4. The normalized spacial score (nSPS) is 15.6. The average Bonchev–Trinajstić information content (AvgIpc) is 3.04. The Hall–Kier alpha value is -3.76. The molecule has 1 atom stereocenters. The van der Waals surface area contributed by atoms with Crippen molar-refractivity contribution in [1.82, 2.24) is 20.0 Å². The Bertz CT molecular complexity index is 1150. The van der Waals surface area contributed by atoms with Crippen molar-refractivity contribution in [2.45, 2.75) is 25.9 Å². The van der Waals surface area contributed by atoms with Crippen LogP contribution in [0.4, 0.5) is 14.6 Å². The minimum atomic E-state index is -2.98. The van der Waals surface area contributed by atoms with Gasteiger partial charge in [0.15, 0.2) is 17.3 Å². The number of nitrogens with one attached hydrogen (secondary N) is 2. The molecule has 4 rings (SSSR count). The third-order valence-corrected chi connectivity index (χ3v) is 4.79. The van der Waals surface area contributed by atoms with Gasteiger partial charge in [0.05, 0.1) is 12.8 Å². The van der Waals surface area contributed by atoms with Crippen molar-refractivity contribution in [1.29, 1.82) is 0 Å². The molecule has 0 saturated heterocycles. The van der Waals surface area contributed by atoms with Gasteiger partial charge < -0.3 is 14.8 Å². The number of fused-ring (bicyclic) bond motifs is 1. The molecule has 156 valence electrons. The lowest BCUT2D eigenvalue weighted by atomic mass is 9.85. The van der Waals surface area contributed by atoms with Crippen molar-refractivity contribution in [2.24, 2.45) is 0 Å². The maximum atomic E-state index is 12.6. The van der Waals surface area contributed by atoms with E-state index in [9.17, 15) is 18.4 Å². The molecule has 3 aromatic rings. The number of carbonyl (C=O) groups is 1. The van der Waals surface area contributed by atoms with Gasteiger partial charge in [-0.2, -0.15) is 23.7 Å². The molecule has 1 aliphatic heterocycles. The van der Waals surface area contributed by atoms with Crippen LogP contribution in [-0.2, 0) is 4.79 Å². The Labute approximate surface area is 168 Å². The number of hydrogen-bond donors (Lipinski definition) is 2. The smallest absolute Gasteiger partial charge is 0.387 e. The largest absolute Gasteiger partial charge is 0.493 e. The van der Waals surface area contributed by atoms with E-state index in [0.29, 0.717) is 22.9 Å². The first-order valence-electron chi connectivity index (χ1n) is 8.95. The summed E-state index contributed by atoms with van der Waals surface area (Å²) in [5, 5.41) is 13.6. The molecule has 0 spiro atoms. The van der Waals surface area contributed by atoms with E-state index in [4.69, 9.17) is 4.74 Å². The first-order chi connectivity index (χ1) is 14.4. The first-order valence-corrected chi connectivity index (χ1v) is 8.95. The van der Waals surface area contributed by atoms with Crippen molar-refractivity contribution in [3.05, 3.63) is 57.5 Å². The lowest BCUT2D eigenvalue weighted by Crippen LogP contribution is -2.25. The van der Waals surface area contributed by atoms with E-state index >= 15 is 0 Å². The van der Waals surface area contributed by atoms with Crippen LogP contribution in [0.3, 0.4) is 0 Å². The molecule has 0 radical (unpaired) electrons. The fourth-order valence-corrected chi connectivity index (χ4v) is 3.55. The van der Waals surface area contributed by atoms with Crippen LogP contribution in [0.25, 0.3) is 5.82 Å². The summed E-state index contributed by atoms with van der Waals surface area (Å²) < 4.78 is 36.3. The van der Waals surface area contributed by atoms with Gasteiger partial charge in [-0.1, -0.05) is 6.07 Å². The molecule has 0 aliphatic carbocycles. The summed E-state index contributed by atoms with van der Waals surface area (Å²) in [5.74, 6) is 0.164. The first kappa shape index (κ1) is 19.6. The summed E-state index contributed by atoms with van der Waals surface area (Å²) in [7, 11) is 1.35. The standard InChI is InChI=1S/C19H17F2N5O4/c1-9-17-11(10-3-4-12(30-19(20)21)13(7-10)29-2)8-16(28)22-18(17)26(25-9)14-5-6-15(27)24-23-14/h3-7,11,19H,8H2,1-2H3,(H,22,28)(H,24,27)/t11-/m1/s1. The number of amides is 1. The van der Waals surface area contributed by atoms with E-state index < -0.39 is 6.61 Å². The second kappa shape index (κ2) is 7.58. The van der Waals surface area contributed by atoms with E-state index in [1.807, 2.05) is 0 Å². The van der Waals surface area contributed by atoms with Crippen LogP contribution in [0, 0.1) is 6.92 Å². The Morgan fingerprint density at radius 2 is 2.00 bits per heavy atom. The molecule has 1 aromatic carbocycles. The van der Waals surface area contributed by atoms with Crippen molar-refractivity contribution in [2.75, 3.05) is 12.4 Å². The van der Waals surface area contributed by atoms with Gasteiger partial charge in [0.1, 0.15) is 5.82 Å². The number of methoxy groups -OCH3 is 1. The number of aromatic amines is 1. The molecule has 0 saturated carbocycles. The molecule has 3 heterocycles. The fourth-order valence-electron chi connectivity index (χ4n) is 3.55. The highest BCUT2D eigenvalue weighted by molar-refractivity contribution is 5.95. The molecule has 0 unspecified atom stereocenters. The molecule has 1 amide bonds. The number of hydrogen-bond acceptors (Lipinski definition) is 6. The number of H-pyrrole nitrogens is 1.